The molecule has 0 saturated heterocycles. The fourth-order valence-corrected chi connectivity index (χ4v) is 379. The summed E-state index contributed by atoms with van der Waals surface area (Å²) in [5.41, 5.74) is 0. The molecule has 0 aliphatic rings. The molecule has 0 saturated carbocycles. The topological polar surface area (TPSA) is 307 Å². The maximum absolute atomic E-state index is 14.2. The molecule has 0 rings (SSSR count). The van der Waals surface area contributed by atoms with Gasteiger partial charge in [-0.1, -0.05) is 90.3 Å². The number of hydrogen-bond donors (Lipinski definition) is 12. The van der Waals surface area contributed by atoms with E-state index in [-0.39, 0.29) is 0 Å². The highest BCUT2D eigenvalue weighted by molar-refractivity contribution is 8.17. The molecular weight excluding hydrogens is 1090 g/mol. The Morgan fingerprint density at radius 1 is 0.534 bits per heavy atom. The van der Waals surface area contributed by atoms with E-state index in [1.165, 1.54) is 32.2 Å². The van der Waals surface area contributed by atoms with Crippen molar-refractivity contribution in [1.82, 2.24) is 0 Å². The van der Waals surface area contributed by atoms with Crippen molar-refractivity contribution in [2.75, 3.05) is 0 Å². The van der Waals surface area contributed by atoms with Crippen LogP contribution < -0.4 is 0 Å². The molecule has 0 heterocycles. The predicted molar refractivity (Wildman–Crippen MR) is 278 cm³/mol. The smallest absolute Gasteiger partial charge is 0.338 e. The lowest BCUT2D eigenvalue weighted by molar-refractivity contribution is 0.310. The van der Waals surface area contributed by atoms with E-state index >= 15 is 0 Å². The molecule has 0 amide bonds. The lowest BCUT2D eigenvalue weighted by Crippen LogP contribution is -3.08. The van der Waals surface area contributed by atoms with Gasteiger partial charge in [0.05, 0.1) is 7.59 Å². The van der Waals surface area contributed by atoms with Crippen LogP contribution >= 0.6 is 0 Å². The summed E-state index contributed by atoms with van der Waals surface area (Å²) in [7, 11) is -48.6. The van der Waals surface area contributed by atoms with E-state index in [0.29, 0.717) is 12.5 Å². The molecular formula is C19H80O19Si20. The second-order valence-electron chi connectivity index (χ2n) is 16.3. The number of hydrogen-bond acceptors (Lipinski definition) is 19. The van der Waals surface area contributed by atoms with E-state index in [0.717, 1.165) is 32.1 Å². The highest BCUT2D eigenvalue weighted by Gasteiger charge is 2.92. The standard InChI is InChI=1S/C19H80O19Si20/c1-9-10-11-12-13-14-15-16-17-18-19-51(5,6)53(31,43-24)58(35-42-23,57(48-29,34-41-22)50(4)30)55(37-52(7,8)36-49(2)3,56(46-27,47-28)33-40-21)38-54(44-25,45-26)32-39-20/h20-31,49-50H,9-19,39-48H2,1-8H3. The second-order valence-corrected chi connectivity index (χ2v) is 130. The van der Waals surface area contributed by atoms with Crippen LogP contribution in [0.3, 0.4) is 0 Å². The van der Waals surface area contributed by atoms with Crippen molar-refractivity contribution in [2.24, 2.45) is 0 Å². The van der Waals surface area contributed by atoms with Gasteiger partial charge < -0.3 is 86.4 Å². The van der Waals surface area contributed by atoms with E-state index in [1.807, 2.05) is 26.2 Å². The van der Waals surface area contributed by atoms with Crippen LogP contribution in [0.4, 0.5) is 0 Å². The van der Waals surface area contributed by atoms with E-state index in [2.05, 4.69) is 6.92 Å². The Morgan fingerprint density at radius 2 is 1.00 bits per heavy atom. The van der Waals surface area contributed by atoms with Crippen LogP contribution in [0, 0.1) is 0 Å². The largest absolute Gasteiger partial charge is 0.441 e. The first kappa shape index (κ1) is 61.6. The molecule has 0 aromatic carbocycles. The van der Waals surface area contributed by atoms with Crippen molar-refractivity contribution in [3.63, 3.8) is 0 Å². The first-order valence-corrected chi connectivity index (χ1v) is 71.5. The Hall–Kier alpha value is 3.58. The van der Waals surface area contributed by atoms with E-state index < -0.39 is 172 Å². The molecule has 0 bridgehead atoms. The zero-order valence-electron chi connectivity index (χ0n) is 36.2. The van der Waals surface area contributed by atoms with Crippen LogP contribution in [0.15, 0.2) is 0 Å². The van der Waals surface area contributed by atoms with Gasteiger partial charge in [-0.2, -0.15) is 0 Å². The normalized spacial score (nSPS) is 21.9. The lowest BCUT2D eigenvalue weighted by atomic mass is 10.1. The maximum Gasteiger partial charge on any atom is 0.338 e. The summed E-state index contributed by atoms with van der Waals surface area (Å²) in [6.45, 7) is -4.37. The van der Waals surface area contributed by atoms with Gasteiger partial charge in [0, 0.05) is 0 Å². The third kappa shape index (κ3) is 14.5. The Labute approximate surface area is 378 Å². The molecule has 58 heavy (non-hydrogen) atoms. The van der Waals surface area contributed by atoms with Crippen LogP contribution in [0.1, 0.15) is 71.1 Å². The van der Waals surface area contributed by atoms with Crippen molar-refractivity contribution in [3.05, 3.63) is 0 Å². The van der Waals surface area contributed by atoms with Crippen LogP contribution in [-0.2, 0) is 28.8 Å². The van der Waals surface area contributed by atoms with E-state index in [9.17, 15) is 57.5 Å². The molecule has 0 aliphatic carbocycles. The molecule has 39 heteroatoms. The summed E-state index contributed by atoms with van der Waals surface area (Å²) in [6.07, 6.45) is 10.6. The maximum atomic E-state index is 14.2. The SMILES string of the molecule is CCCCCCCCCCCC[Si](C)(C)[Si](O)([SiH2]O)[Si](O[SiH2]O)([Si](O[SiH2]O)([SiH2]O)[SiH](C)O)[Si](O[Si](C)(C)O[SiH](C)C)(O[Si](O[SiH2]O)([SiH2]O)[SiH2]O)[Si](O[SiH2]O)([SiH2]O)[SiH2]O. The Morgan fingerprint density at radius 3 is 1.36 bits per heavy atom. The average Bonchev–Trinajstić information content (AvgIpc) is 3.17. The zero-order chi connectivity index (χ0) is 45.0. The minimum atomic E-state index is -5.33. The summed E-state index contributed by atoms with van der Waals surface area (Å²) >= 11 is 0. The molecule has 19 nitrogen and oxygen atoms in total. The zero-order valence-corrected chi connectivity index (χ0v) is 60.7. The van der Waals surface area contributed by atoms with E-state index in [4.69, 9.17) is 28.8 Å². The molecule has 0 aliphatic heterocycles. The summed E-state index contributed by atoms with van der Waals surface area (Å²) in [5.74, 6) is 0. The Kier molecular flexibility index (Phi) is 31.2. The molecule has 0 radical (unpaired) electrons. The molecule has 0 fully saturated rings. The molecule has 350 valence electrons. The molecule has 0 aromatic rings. The minimum absolute atomic E-state index is 0.463. The van der Waals surface area contributed by atoms with Gasteiger partial charge in [-0.3, -0.25) is 0 Å². The second kappa shape index (κ2) is 29.4. The molecule has 0 aromatic heterocycles. The van der Waals surface area contributed by atoms with Crippen LogP contribution in [0.25, 0.3) is 0 Å². The summed E-state index contributed by atoms with van der Waals surface area (Å²) in [6, 6.07) is 0.463. The van der Waals surface area contributed by atoms with Gasteiger partial charge in [0.25, 0.3) is 53.8 Å². The van der Waals surface area contributed by atoms with E-state index in [1.54, 1.807) is 13.1 Å². The first-order valence-electron chi connectivity index (χ1n) is 20.3. The molecule has 12 N–H and O–H groups in total. The van der Waals surface area contributed by atoms with Gasteiger partial charge >= 0.3 is 23.8 Å². The minimum Gasteiger partial charge on any atom is -0.441 e. The number of rotatable bonds is 37. The van der Waals surface area contributed by atoms with Crippen LogP contribution in [0.5, 0.6) is 0 Å². The summed E-state index contributed by atoms with van der Waals surface area (Å²) < 4.78 is 47.1. The first-order chi connectivity index (χ1) is 27.2. The number of unbranched alkanes of at least 4 members (excludes halogenated alkanes) is 9. The van der Waals surface area contributed by atoms with Gasteiger partial charge in [-0.25, -0.2) is 0 Å². The van der Waals surface area contributed by atoms with Gasteiger partial charge in [-0.05, 0) is 32.7 Å². The quantitative estimate of drug-likeness (QED) is 0.0203. The summed E-state index contributed by atoms with van der Waals surface area (Å²) in [5, 5.41) is 0. The van der Waals surface area contributed by atoms with Crippen molar-refractivity contribution >= 4 is 172 Å². The van der Waals surface area contributed by atoms with Crippen molar-refractivity contribution in [3.8, 4) is 0 Å². The molecule has 0 spiro atoms. The average molecular weight is 1170 g/mol. The van der Waals surface area contributed by atoms with Gasteiger partial charge in [-0.15, -0.1) is 0 Å². The van der Waals surface area contributed by atoms with Gasteiger partial charge in [0.1, 0.15) is 0 Å². The Bertz CT molecular complexity index is 1110. The highest BCUT2D eigenvalue weighted by Crippen LogP contribution is 2.48. The highest BCUT2D eigenvalue weighted by atomic mass is 30.4. The van der Waals surface area contributed by atoms with Crippen molar-refractivity contribution < 1.29 is 86.4 Å². The fourth-order valence-electron chi connectivity index (χ4n) is 8.11. The monoisotopic (exact) mass is 1170 g/mol. The van der Waals surface area contributed by atoms with Gasteiger partial charge in [0.15, 0.2) is 54.7 Å². The third-order valence-corrected chi connectivity index (χ3v) is 227. The third-order valence-electron chi connectivity index (χ3n) is 11.2. The fraction of sp³-hybridized carbons (Fsp3) is 1.00. The molecule has 5 atom stereocenters. The van der Waals surface area contributed by atoms with Crippen LogP contribution in [-0.4, -0.2) is 230 Å². The lowest BCUT2D eigenvalue weighted by Gasteiger charge is -2.66. The summed E-state index contributed by atoms with van der Waals surface area (Å²) in [4.78, 5) is 140. The van der Waals surface area contributed by atoms with Crippen LogP contribution in [0.2, 0.25) is 51.9 Å². The van der Waals surface area contributed by atoms with Gasteiger partial charge in [0.2, 0.25) is 32.3 Å². The molecule has 5 unspecified atom stereocenters. The predicted octanol–water partition coefficient (Wildman–Crippen LogP) is -11.7. The van der Waals surface area contributed by atoms with Crippen molar-refractivity contribution in [2.45, 2.75) is 123 Å². The van der Waals surface area contributed by atoms with Crippen molar-refractivity contribution in [1.29, 1.82) is 0 Å². The Balaban J connectivity index is 8.94.